The Hall–Kier alpha value is -6.64. The van der Waals surface area contributed by atoms with E-state index in [1.165, 1.54) is 0 Å². The molecule has 0 saturated carbocycles. The van der Waals surface area contributed by atoms with E-state index in [0.29, 0.717) is 23.8 Å². The molecule has 52 heavy (non-hydrogen) atoms. The molecule has 8 N–H and O–H groups in total. The minimum absolute atomic E-state index is 0.232. The van der Waals surface area contributed by atoms with Crippen LogP contribution in [0.5, 0.6) is 0 Å². The van der Waals surface area contributed by atoms with E-state index in [-0.39, 0.29) is 11.9 Å². The third-order valence-electron chi connectivity index (χ3n) is 7.53. The number of rotatable bonds is 14. The molecule has 2 unspecified atom stereocenters. The van der Waals surface area contributed by atoms with Gasteiger partial charge >= 0.3 is 0 Å². The van der Waals surface area contributed by atoms with Crippen molar-refractivity contribution in [2.45, 2.75) is 40.2 Å². The molecule has 0 aliphatic heterocycles. The molecule has 4 aromatic carbocycles. The van der Waals surface area contributed by atoms with Crippen molar-refractivity contribution in [2.24, 2.45) is 0 Å². The quantitative estimate of drug-likeness (QED) is 0.0418. The Labute approximate surface area is 301 Å². The molecule has 6 aromatic rings. The molecule has 0 saturated heterocycles. The molecule has 0 amide bonds. The van der Waals surface area contributed by atoms with Crippen LogP contribution in [0.2, 0.25) is 0 Å². The molecule has 6 rings (SSSR count). The summed E-state index contributed by atoms with van der Waals surface area (Å²) in [5.74, 6) is 1.77. The van der Waals surface area contributed by atoms with Gasteiger partial charge in [0.2, 0.25) is 35.7 Å². The number of para-hydroxylation sites is 2. The molecule has 0 radical (unpaired) electrons. The van der Waals surface area contributed by atoms with Gasteiger partial charge in [-0.1, -0.05) is 72.8 Å². The van der Waals surface area contributed by atoms with Crippen molar-refractivity contribution in [1.82, 2.24) is 29.9 Å². The zero-order valence-electron chi connectivity index (χ0n) is 29.1. The van der Waals surface area contributed by atoms with Gasteiger partial charge in [0.05, 0.1) is 0 Å². The number of nitrogens with zero attached hydrogens (tertiary/aromatic N) is 6. The summed E-state index contributed by atoms with van der Waals surface area (Å²) in [6.07, 6.45) is 2.35. The highest BCUT2D eigenvalue weighted by Gasteiger charge is 2.12. The van der Waals surface area contributed by atoms with Gasteiger partial charge in [-0.3, -0.25) is 0 Å². The Bertz CT molecular complexity index is 1990. The van der Waals surface area contributed by atoms with E-state index < -0.39 is 12.5 Å². The number of hydrogen-bond acceptors (Lipinski definition) is 14. The second-order valence-corrected chi connectivity index (χ2v) is 12.0. The van der Waals surface area contributed by atoms with E-state index >= 15 is 0 Å². The van der Waals surface area contributed by atoms with E-state index in [4.69, 9.17) is 0 Å². The third-order valence-corrected chi connectivity index (χ3v) is 7.53. The second-order valence-electron chi connectivity index (χ2n) is 12.0. The number of aliphatic hydroxyl groups excluding tert-OH is 2. The molecule has 0 aliphatic rings. The SMILES string of the molecule is Cc1ccccc1Nc1nc(Nc2ccc(C=Cc3ccc(Nc4nc(Nc5ccccc5C)nc(NC(C)O)n4)cc3)cc2)nc(NC(C)O)n1. The predicted octanol–water partition coefficient (Wildman–Crippen LogP) is 7.32. The van der Waals surface area contributed by atoms with Gasteiger partial charge < -0.3 is 42.1 Å². The molecule has 0 aliphatic carbocycles. The Kier molecular flexibility index (Phi) is 11.1. The fourth-order valence-corrected chi connectivity index (χ4v) is 4.95. The van der Waals surface area contributed by atoms with Crippen molar-refractivity contribution in [1.29, 1.82) is 0 Å². The van der Waals surface area contributed by atoms with Crippen molar-refractivity contribution >= 4 is 70.6 Å². The van der Waals surface area contributed by atoms with E-state index in [0.717, 1.165) is 45.0 Å². The van der Waals surface area contributed by atoms with Crippen molar-refractivity contribution in [2.75, 3.05) is 31.9 Å². The molecule has 0 bridgehead atoms. The lowest BCUT2D eigenvalue weighted by Gasteiger charge is -2.13. The van der Waals surface area contributed by atoms with Gasteiger partial charge in [0.25, 0.3) is 0 Å². The molecule has 0 spiro atoms. The fourth-order valence-electron chi connectivity index (χ4n) is 4.95. The van der Waals surface area contributed by atoms with E-state index in [1.807, 2.05) is 123 Å². The Morgan fingerprint density at radius 3 is 1.12 bits per heavy atom. The number of aliphatic hydroxyl groups is 2. The number of anilines is 10. The topological polar surface area (TPSA) is 190 Å². The summed E-state index contributed by atoms with van der Waals surface area (Å²) in [6, 6.07) is 31.3. The summed E-state index contributed by atoms with van der Waals surface area (Å²) in [6.45, 7) is 7.17. The monoisotopic (exact) mass is 696 g/mol. The predicted molar refractivity (Wildman–Crippen MR) is 208 cm³/mol. The maximum Gasteiger partial charge on any atom is 0.233 e. The third kappa shape index (κ3) is 9.97. The molecule has 0 fully saturated rings. The zero-order valence-corrected chi connectivity index (χ0v) is 29.1. The van der Waals surface area contributed by atoms with Crippen LogP contribution in [0.3, 0.4) is 0 Å². The van der Waals surface area contributed by atoms with Gasteiger partial charge in [-0.2, -0.15) is 29.9 Å². The summed E-state index contributed by atoms with van der Waals surface area (Å²) < 4.78 is 0. The van der Waals surface area contributed by atoms with Crippen LogP contribution in [0.4, 0.5) is 58.4 Å². The van der Waals surface area contributed by atoms with Gasteiger partial charge in [0.1, 0.15) is 12.5 Å². The molecule has 2 atom stereocenters. The van der Waals surface area contributed by atoms with Gasteiger partial charge in [-0.05, 0) is 86.3 Å². The summed E-state index contributed by atoms with van der Waals surface area (Å²) >= 11 is 0. The number of benzene rings is 4. The van der Waals surface area contributed by atoms with Gasteiger partial charge in [-0.15, -0.1) is 0 Å². The van der Waals surface area contributed by atoms with E-state index in [9.17, 15) is 10.2 Å². The van der Waals surface area contributed by atoms with Gasteiger partial charge in [0.15, 0.2) is 0 Å². The number of aromatic nitrogens is 6. The highest BCUT2D eigenvalue weighted by molar-refractivity contribution is 5.72. The smallest absolute Gasteiger partial charge is 0.233 e. The van der Waals surface area contributed by atoms with Crippen LogP contribution in [-0.2, 0) is 0 Å². The normalized spacial score (nSPS) is 12.2. The minimum Gasteiger partial charge on any atom is -0.374 e. The number of nitrogens with one attached hydrogen (secondary N) is 6. The summed E-state index contributed by atoms with van der Waals surface area (Å²) in [5, 5.41) is 38.3. The molecule has 2 aromatic heterocycles. The summed E-state index contributed by atoms with van der Waals surface area (Å²) in [4.78, 5) is 26.7. The second kappa shape index (κ2) is 16.4. The zero-order chi connectivity index (χ0) is 36.5. The first-order valence-electron chi connectivity index (χ1n) is 16.6. The van der Waals surface area contributed by atoms with Crippen molar-refractivity contribution in [3.63, 3.8) is 0 Å². The molecular formula is C38H40N12O2. The molecule has 14 nitrogen and oxygen atoms in total. The number of hydrogen-bond donors (Lipinski definition) is 8. The van der Waals surface area contributed by atoms with Gasteiger partial charge in [-0.25, -0.2) is 0 Å². The maximum atomic E-state index is 9.86. The van der Waals surface area contributed by atoms with Crippen LogP contribution >= 0.6 is 0 Å². The van der Waals surface area contributed by atoms with Crippen LogP contribution in [0.25, 0.3) is 12.2 Å². The minimum atomic E-state index is -0.844. The summed E-state index contributed by atoms with van der Waals surface area (Å²) in [7, 11) is 0. The first-order chi connectivity index (χ1) is 25.1. The number of aryl methyl sites for hydroxylation is 2. The summed E-state index contributed by atoms with van der Waals surface area (Å²) in [5.41, 5.74) is 7.39. The van der Waals surface area contributed by atoms with Crippen molar-refractivity contribution < 1.29 is 10.2 Å². The van der Waals surface area contributed by atoms with E-state index in [1.54, 1.807) is 13.8 Å². The molecule has 2 heterocycles. The Morgan fingerprint density at radius 2 is 0.769 bits per heavy atom. The lowest BCUT2D eigenvalue weighted by atomic mass is 10.1. The van der Waals surface area contributed by atoms with Crippen LogP contribution in [-0.4, -0.2) is 52.6 Å². The van der Waals surface area contributed by atoms with Gasteiger partial charge in [0, 0.05) is 22.7 Å². The first-order valence-corrected chi connectivity index (χ1v) is 16.6. The highest BCUT2D eigenvalue weighted by Crippen LogP contribution is 2.24. The standard InChI is InChI=1S/C38H40N12O2/c1-23-9-5-7-11-31(23)43-37-47-33(39-25(3)51)45-35(49-37)41-29-19-15-27(16-20-29)13-14-28-17-21-30(22-18-28)42-36-46-34(40-26(4)52)48-38(50-36)44-32-12-8-6-10-24(32)2/h5-22,25-26,51-52H,1-4H3,(H3,39,41,43,45,47,49)(H3,40,42,44,46,48,50). The average Bonchev–Trinajstić information content (AvgIpc) is 3.10. The lowest BCUT2D eigenvalue weighted by molar-refractivity contribution is 0.223. The molecule has 264 valence electrons. The average molecular weight is 697 g/mol. The van der Waals surface area contributed by atoms with Crippen LogP contribution in [0.1, 0.15) is 36.1 Å². The Morgan fingerprint density at radius 1 is 0.442 bits per heavy atom. The lowest BCUT2D eigenvalue weighted by Crippen LogP contribution is -2.17. The van der Waals surface area contributed by atoms with Crippen molar-refractivity contribution in [3.8, 4) is 0 Å². The highest BCUT2D eigenvalue weighted by atomic mass is 16.3. The van der Waals surface area contributed by atoms with E-state index in [2.05, 4.69) is 61.8 Å². The molecular weight excluding hydrogens is 656 g/mol. The van der Waals surface area contributed by atoms with Crippen LogP contribution in [0, 0.1) is 13.8 Å². The molecule has 14 heteroatoms. The maximum absolute atomic E-state index is 9.86. The first kappa shape index (κ1) is 35.2. The fraction of sp³-hybridized carbons (Fsp3) is 0.158. The van der Waals surface area contributed by atoms with Crippen LogP contribution in [0.15, 0.2) is 97.1 Å². The largest absolute Gasteiger partial charge is 0.374 e. The Balaban J connectivity index is 1.10. The van der Waals surface area contributed by atoms with Crippen molar-refractivity contribution in [3.05, 3.63) is 119 Å². The van der Waals surface area contributed by atoms with Crippen LogP contribution < -0.4 is 31.9 Å².